The quantitative estimate of drug-likeness (QED) is 0.595. The number of rotatable bonds is 4. The highest BCUT2D eigenvalue weighted by Gasteiger charge is 2.52. The van der Waals surface area contributed by atoms with Crippen molar-refractivity contribution in [1.29, 1.82) is 0 Å². The average Bonchev–Trinajstić information content (AvgIpc) is 2.66. The molecule has 0 amide bonds. The number of carbonyl (C=O) groups is 1. The van der Waals surface area contributed by atoms with Gasteiger partial charge in [-0.15, -0.1) is 0 Å². The molecule has 30 heavy (non-hydrogen) atoms. The Labute approximate surface area is 178 Å². The van der Waals surface area contributed by atoms with Crippen molar-refractivity contribution in [2.24, 2.45) is 17.8 Å². The first kappa shape index (κ1) is 19.4. The van der Waals surface area contributed by atoms with Gasteiger partial charge in [0.2, 0.25) is 0 Å². The molecule has 2 N–H and O–H groups in total. The van der Waals surface area contributed by atoms with Crippen LogP contribution in [0.3, 0.4) is 0 Å². The Balaban J connectivity index is 1.55. The monoisotopic (exact) mass is 402 g/mol. The zero-order chi connectivity index (χ0) is 21.0. The Kier molecular flexibility index (Phi) is 4.53. The van der Waals surface area contributed by atoms with E-state index in [1.54, 1.807) is 6.08 Å². The second kappa shape index (κ2) is 7.01. The van der Waals surface area contributed by atoms with Crippen molar-refractivity contribution in [1.82, 2.24) is 0 Å². The maximum atomic E-state index is 10.9. The fourth-order valence-corrected chi connectivity index (χ4v) is 7.27. The molecule has 0 spiro atoms. The fraction of sp³-hybridized carbons (Fsp3) is 0.444. The summed E-state index contributed by atoms with van der Waals surface area (Å²) in [5.41, 5.74) is 6.81. The second-order valence-electron chi connectivity index (χ2n) is 10.1. The molecule has 4 aliphatic rings. The third kappa shape index (κ3) is 3.25. The summed E-state index contributed by atoms with van der Waals surface area (Å²) in [4.78, 5) is 10.9. The second-order valence-corrected chi connectivity index (χ2v) is 10.1. The number of aromatic hydroxyl groups is 1. The third-order valence-electron chi connectivity index (χ3n) is 7.87. The summed E-state index contributed by atoms with van der Waals surface area (Å²) < 4.78 is 0. The smallest absolute Gasteiger partial charge is 0.328 e. The Morgan fingerprint density at radius 1 is 0.967 bits per heavy atom. The average molecular weight is 403 g/mol. The molecule has 4 saturated carbocycles. The van der Waals surface area contributed by atoms with Gasteiger partial charge in [0.25, 0.3) is 0 Å². The van der Waals surface area contributed by atoms with E-state index >= 15 is 0 Å². The van der Waals surface area contributed by atoms with Gasteiger partial charge in [0.1, 0.15) is 5.75 Å². The first-order valence-electron chi connectivity index (χ1n) is 11.2. The van der Waals surface area contributed by atoms with Crippen molar-refractivity contribution in [2.45, 2.75) is 57.8 Å². The van der Waals surface area contributed by atoms with Gasteiger partial charge in [-0.3, -0.25) is 0 Å². The Morgan fingerprint density at radius 2 is 1.53 bits per heavy atom. The lowest BCUT2D eigenvalue weighted by molar-refractivity contribution is -0.131. The maximum Gasteiger partial charge on any atom is 0.328 e. The van der Waals surface area contributed by atoms with Crippen molar-refractivity contribution in [3.8, 4) is 16.9 Å². The van der Waals surface area contributed by atoms with Crippen LogP contribution >= 0.6 is 0 Å². The number of aliphatic carboxylic acids is 1. The van der Waals surface area contributed by atoms with Crippen LogP contribution in [-0.4, -0.2) is 16.2 Å². The van der Waals surface area contributed by atoms with E-state index in [1.807, 2.05) is 24.3 Å². The third-order valence-corrected chi connectivity index (χ3v) is 7.87. The maximum absolute atomic E-state index is 10.9. The zero-order valence-corrected chi connectivity index (χ0v) is 17.8. The van der Waals surface area contributed by atoms with Crippen LogP contribution in [0, 0.1) is 31.6 Å². The molecule has 0 aliphatic heterocycles. The number of phenolic OH excluding ortho intramolecular Hbond substituents is 1. The largest absolute Gasteiger partial charge is 0.508 e. The molecule has 3 nitrogen and oxygen atoms in total. The standard InChI is InChI=1S/C27H30O3/c1-16-7-18(3-6-25(29)30)8-17(2)26(16)22-4-5-24(28)23(12-22)27-13-19-9-20(14-27)11-21(10-19)15-27/h3-8,12,19-21,28H,9-11,13-15H2,1-2H3,(H,29,30)/b6-3+. The van der Waals surface area contributed by atoms with E-state index in [9.17, 15) is 9.90 Å². The lowest BCUT2D eigenvalue weighted by Gasteiger charge is -2.57. The number of benzene rings is 2. The summed E-state index contributed by atoms with van der Waals surface area (Å²) >= 11 is 0. The highest BCUT2D eigenvalue weighted by atomic mass is 16.4. The van der Waals surface area contributed by atoms with Crippen LogP contribution in [0.15, 0.2) is 36.4 Å². The SMILES string of the molecule is Cc1cc(/C=C/C(=O)O)cc(C)c1-c1ccc(O)c(C23CC4CC(CC(C4)C2)C3)c1. The topological polar surface area (TPSA) is 57.5 Å². The summed E-state index contributed by atoms with van der Waals surface area (Å²) in [5.74, 6) is 2.03. The Bertz CT molecular complexity index is 988. The van der Waals surface area contributed by atoms with Gasteiger partial charge in [-0.2, -0.15) is 0 Å². The first-order chi connectivity index (χ1) is 14.3. The van der Waals surface area contributed by atoms with E-state index < -0.39 is 5.97 Å². The van der Waals surface area contributed by atoms with E-state index in [-0.39, 0.29) is 5.41 Å². The van der Waals surface area contributed by atoms with Crippen LogP contribution in [0.2, 0.25) is 0 Å². The van der Waals surface area contributed by atoms with E-state index in [0.717, 1.165) is 45.6 Å². The number of aryl methyl sites for hydroxylation is 2. The van der Waals surface area contributed by atoms with Gasteiger partial charge in [0, 0.05) is 11.6 Å². The molecule has 0 unspecified atom stereocenters. The number of carboxylic acids is 1. The lowest BCUT2D eigenvalue weighted by Crippen LogP contribution is -2.48. The van der Waals surface area contributed by atoms with Crippen molar-refractivity contribution >= 4 is 12.0 Å². The molecule has 0 atom stereocenters. The van der Waals surface area contributed by atoms with Crippen molar-refractivity contribution in [2.75, 3.05) is 0 Å². The molecule has 3 heteroatoms. The molecule has 2 aromatic rings. The number of carboxylic acid groups (broad SMARTS) is 1. The predicted molar refractivity (Wildman–Crippen MR) is 120 cm³/mol. The number of phenols is 1. The molecule has 0 radical (unpaired) electrons. The molecule has 2 aromatic carbocycles. The van der Waals surface area contributed by atoms with Crippen LogP contribution in [0.1, 0.15) is 60.8 Å². The summed E-state index contributed by atoms with van der Waals surface area (Å²) in [6.07, 6.45) is 10.7. The van der Waals surface area contributed by atoms with Gasteiger partial charge in [-0.25, -0.2) is 4.79 Å². The molecule has 6 rings (SSSR count). The highest BCUT2D eigenvalue weighted by Crippen LogP contribution is 2.62. The number of hydrogen-bond donors (Lipinski definition) is 2. The summed E-state index contributed by atoms with van der Waals surface area (Å²) in [6, 6.07) is 10.3. The molecule has 0 heterocycles. The Hall–Kier alpha value is -2.55. The minimum Gasteiger partial charge on any atom is -0.508 e. The van der Waals surface area contributed by atoms with E-state index in [4.69, 9.17) is 5.11 Å². The van der Waals surface area contributed by atoms with Gasteiger partial charge < -0.3 is 10.2 Å². The van der Waals surface area contributed by atoms with Gasteiger partial charge in [-0.05, 0) is 122 Å². The van der Waals surface area contributed by atoms with Crippen LogP contribution in [0.5, 0.6) is 5.75 Å². The molecular formula is C27H30O3. The van der Waals surface area contributed by atoms with Gasteiger partial charge in [-0.1, -0.05) is 18.2 Å². The molecule has 0 aromatic heterocycles. The summed E-state index contributed by atoms with van der Waals surface area (Å²) in [6.45, 7) is 4.16. The predicted octanol–water partition coefficient (Wildman–Crippen LogP) is 6.24. The zero-order valence-electron chi connectivity index (χ0n) is 17.8. The van der Waals surface area contributed by atoms with Crippen LogP contribution < -0.4 is 0 Å². The van der Waals surface area contributed by atoms with E-state index in [2.05, 4.69) is 19.9 Å². The molecular weight excluding hydrogens is 372 g/mol. The minimum absolute atomic E-state index is 0.154. The Morgan fingerprint density at radius 3 is 2.07 bits per heavy atom. The summed E-state index contributed by atoms with van der Waals surface area (Å²) in [5, 5.41) is 19.8. The normalized spacial score (nSPS) is 29.6. The van der Waals surface area contributed by atoms with Crippen LogP contribution in [0.25, 0.3) is 17.2 Å². The lowest BCUT2D eigenvalue weighted by atomic mass is 9.48. The van der Waals surface area contributed by atoms with Crippen LogP contribution in [0.4, 0.5) is 0 Å². The molecule has 156 valence electrons. The van der Waals surface area contributed by atoms with Crippen molar-refractivity contribution in [3.05, 3.63) is 58.7 Å². The van der Waals surface area contributed by atoms with Gasteiger partial charge >= 0.3 is 5.97 Å². The summed E-state index contributed by atoms with van der Waals surface area (Å²) in [7, 11) is 0. The van der Waals surface area contributed by atoms with Crippen molar-refractivity contribution < 1.29 is 15.0 Å². The highest BCUT2D eigenvalue weighted by molar-refractivity contribution is 5.86. The first-order valence-corrected chi connectivity index (χ1v) is 11.2. The fourth-order valence-electron chi connectivity index (χ4n) is 7.27. The molecule has 4 bridgehead atoms. The van der Waals surface area contributed by atoms with Crippen LogP contribution in [-0.2, 0) is 10.2 Å². The van der Waals surface area contributed by atoms with Gasteiger partial charge in [0.05, 0.1) is 0 Å². The van der Waals surface area contributed by atoms with E-state index in [0.29, 0.717) is 5.75 Å². The van der Waals surface area contributed by atoms with Gasteiger partial charge in [0.15, 0.2) is 0 Å². The number of hydrogen-bond acceptors (Lipinski definition) is 2. The van der Waals surface area contributed by atoms with Crippen molar-refractivity contribution in [3.63, 3.8) is 0 Å². The van der Waals surface area contributed by atoms with E-state index in [1.165, 1.54) is 50.2 Å². The molecule has 4 aliphatic carbocycles. The molecule has 4 fully saturated rings. The minimum atomic E-state index is -0.937. The molecule has 0 saturated heterocycles.